The molecule has 1 rings (SSSR count). The topological polar surface area (TPSA) is 91.7 Å². The lowest BCUT2D eigenvalue weighted by Gasteiger charge is -2.20. The van der Waals surface area contributed by atoms with Crippen molar-refractivity contribution in [3.63, 3.8) is 0 Å². The first kappa shape index (κ1) is 15.6. The smallest absolute Gasteiger partial charge is 0.187 e. The molecule has 5 nitrogen and oxygen atoms in total. The highest BCUT2D eigenvalue weighted by Crippen LogP contribution is 2.34. The van der Waals surface area contributed by atoms with Gasteiger partial charge in [0.25, 0.3) is 0 Å². The quantitative estimate of drug-likeness (QED) is 0.712. The standard InChI is InChI=1S/C14H20O5/c1-4-9(15)12-10(16)7-14(19,13(12)18)11(17)6-5-8(2)3/h8,18-19H,4-7H2,1-3H3. The van der Waals surface area contributed by atoms with E-state index in [1.807, 2.05) is 13.8 Å². The van der Waals surface area contributed by atoms with Crippen molar-refractivity contribution in [2.45, 2.75) is 52.1 Å². The number of hydrogen-bond acceptors (Lipinski definition) is 5. The summed E-state index contributed by atoms with van der Waals surface area (Å²) in [5, 5.41) is 20.1. The largest absolute Gasteiger partial charge is 0.508 e. The Morgan fingerprint density at radius 1 is 1.37 bits per heavy atom. The van der Waals surface area contributed by atoms with Crippen LogP contribution >= 0.6 is 0 Å². The van der Waals surface area contributed by atoms with Crippen LogP contribution in [-0.4, -0.2) is 33.2 Å². The Labute approximate surface area is 112 Å². The molecule has 0 aromatic heterocycles. The summed E-state index contributed by atoms with van der Waals surface area (Å²) in [6, 6.07) is 0. The van der Waals surface area contributed by atoms with E-state index in [-0.39, 0.29) is 18.8 Å². The molecule has 1 atom stereocenters. The van der Waals surface area contributed by atoms with Crippen LogP contribution in [0.3, 0.4) is 0 Å². The van der Waals surface area contributed by atoms with Gasteiger partial charge in [-0.2, -0.15) is 0 Å². The summed E-state index contributed by atoms with van der Waals surface area (Å²) in [6.07, 6.45) is 0.136. The Morgan fingerprint density at radius 2 is 1.95 bits per heavy atom. The number of ketones is 3. The SMILES string of the molecule is CCC(=O)C1=C(O)C(O)(C(=O)CCC(C)C)CC1=O. The average molecular weight is 268 g/mol. The average Bonchev–Trinajstić information content (AvgIpc) is 2.57. The Kier molecular flexibility index (Phi) is 4.63. The normalized spacial score (nSPS) is 23.3. The van der Waals surface area contributed by atoms with E-state index in [2.05, 4.69) is 0 Å². The molecule has 0 radical (unpaired) electrons. The minimum Gasteiger partial charge on any atom is -0.508 e. The monoisotopic (exact) mass is 268 g/mol. The second-order valence-electron chi connectivity index (χ2n) is 5.32. The molecule has 0 aromatic carbocycles. The summed E-state index contributed by atoms with van der Waals surface area (Å²) < 4.78 is 0. The third-order valence-electron chi connectivity index (χ3n) is 3.33. The molecule has 2 N–H and O–H groups in total. The van der Waals surface area contributed by atoms with Crippen LogP contribution in [-0.2, 0) is 14.4 Å². The van der Waals surface area contributed by atoms with E-state index in [0.717, 1.165) is 0 Å². The van der Waals surface area contributed by atoms with Gasteiger partial charge >= 0.3 is 0 Å². The van der Waals surface area contributed by atoms with E-state index in [0.29, 0.717) is 6.42 Å². The van der Waals surface area contributed by atoms with Gasteiger partial charge in [0.15, 0.2) is 23.0 Å². The van der Waals surface area contributed by atoms with Crippen LogP contribution in [0.4, 0.5) is 0 Å². The van der Waals surface area contributed by atoms with Crippen LogP contribution in [0, 0.1) is 5.92 Å². The molecule has 5 heteroatoms. The van der Waals surface area contributed by atoms with Gasteiger partial charge in [0.1, 0.15) is 11.3 Å². The molecule has 1 aliphatic rings. The molecule has 0 bridgehead atoms. The van der Waals surface area contributed by atoms with E-state index in [4.69, 9.17) is 0 Å². The third kappa shape index (κ3) is 2.92. The summed E-state index contributed by atoms with van der Waals surface area (Å²) in [5.74, 6) is -2.31. The van der Waals surface area contributed by atoms with Gasteiger partial charge in [-0.25, -0.2) is 0 Å². The summed E-state index contributed by atoms with van der Waals surface area (Å²) in [4.78, 5) is 35.2. The van der Waals surface area contributed by atoms with Crippen molar-refractivity contribution in [2.75, 3.05) is 0 Å². The summed E-state index contributed by atoms with van der Waals surface area (Å²) in [6.45, 7) is 5.41. The molecule has 0 spiro atoms. The van der Waals surface area contributed by atoms with E-state index in [1.165, 1.54) is 0 Å². The highest BCUT2D eigenvalue weighted by Gasteiger charge is 2.51. The van der Waals surface area contributed by atoms with Crippen LogP contribution in [0.5, 0.6) is 0 Å². The molecule has 0 saturated carbocycles. The Hall–Kier alpha value is -1.49. The van der Waals surface area contributed by atoms with Gasteiger partial charge in [-0.05, 0) is 12.3 Å². The first-order valence-corrected chi connectivity index (χ1v) is 6.49. The molecule has 0 aliphatic heterocycles. The predicted octanol–water partition coefficient (Wildman–Crippen LogP) is 1.49. The van der Waals surface area contributed by atoms with Gasteiger partial charge in [-0.15, -0.1) is 0 Å². The van der Waals surface area contributed by atoms with E-state index < -0.39 is 40.7 Å². The molecule has 0 heterocycles. The zero-order valence-corrected chi connectivity index (χ0v) is 11.5. The molecular weight excluding hydrogens is 248 g/mol. The van der Waals surface area contributed by atoms with Crippen molar-refractivity contribution < 1.29 is 24.6 Å². The molecule has 0 aromatic rings. The van der Waals surface area contributed by atoms with Gasteiger partial charge in [0.2, 0.25) is 0 Å². The number of aliphatic hydroxyl groups excluding tert-OH is 1. The van der Waals surface area contributed by atoms with E-state index in [9.17, 15) is 24.6 Å². The van der Waals surface area contributed by atoms with Crippen molar-refractivity contribution in [3.8, 4) is 0 Å². The maximum absolute atomic E-state index is 12.0. The van der Waals surface area contributed by atoms with Crippen LogP contribution in [0.25, 0.3) is 0 Å². The zero-order chi connectivity index (χ0) is 14.8. The highest BCUT2D eigenvalue weighted by molar-refractivity contribution is 6.24. The van der Waals surface area contributed by atoms with Gasteiger partial charge < -0.3 is 10.2 Å². The zero-order valence-electron chi connectivity index (χ0n) is 11.5. The van der Waals surface area contributed by atoms with Crippen LogP contribution in [0.1, 0.15) is 46.5 Å². The molecule has 0 saturated heterocycles. The molecule has 1 unspecified atom stereocenters. The first-order chi connectivity index (χ1) is 8.74. The Morgan fingerprint density at radius 3 is 2.42 bits per heavy atom. The second kappa shape index (κ2) is 5.65. The third-order valence-corrected chi connectivity index (χ3v) is 3.33. The first-order valence-electron chi connectivity index (χ1n) is 6.49. The maximum atomic E-state index is 12.0. The number of hydrogen-bond donors (Lipinski definition) is 2. The minimum absolute atomic E-state index is 0.0431. The fourth-order valence-corrected chi connectivity index (χ4v) is 2.06. The molecule has 19 heavy (non-hydrogen) atoms. The summed E-state index contributed by atoms with van der Waals surface area (Å²) in [5.41, 5.74) is -2.62. The fourth-order valence-electron chi connectivity index (χ4n) is 2.06. The van der Waals surface area contributed by atoms with Crippen LogP contribution in [0.15, 0.2) is 11.3 Å². The number of aliphatic hydroxyl groups is 2. The second-order valence-corrected chi connectivity index (χ2v) is 5.32. The number of rotatable bonds is 6. The lowest BCUT2D eigenvalue weighted by molar-refractivity contribution is -0.138. The van der Waals surface area contributed by atoms with Gasteiger partial charge in [0, 0.05) is 12.8 Å². The lowest BCUT2D eigenvalue weighted by atomic mass is 9.91. The Bertz CT molecular complexity index is 447. The van der Waals surface area contributed by atoms with Gasteiger partial charge in [0.05, 0.1) is 6.42 Å². The Balaban J connectivity index is 3.01. The van der Waals surface area contributed by atoms with Gasteiger partial charge in [-0.1, -0.05) is 20.8 Å². The molecule has 0 amide bonds. The lowest BCUT2D eigenvalue weighted by Crippen LogP contribution is -2.39. The number of carbonyl (C=O) groups excluding carboxylic acids is 3. The number of carbonyl (C=O) groups is 3. The number of Topliss-reactive ketones (excluding diaryl/α,β-unsaturated/α-hetero) is 3. The molecule has 0 fully saturated rings. The van der Waals surface area contributed by atoms with E-state index >= 15 is 0 Å². The van der Waals surface area contributed by atoms with Crippen molar-refractivity contribution in [3.05, 3.63) is 11.3 Å². The summed E-state index contributed by atoms with van der Waals surface area (Å²) >= 11 is 0. The van der Waals surface area contributed by atoms with Crippen molar-refractivity contribution >= 4 is 17.3 Å². The fraction of sp³-hybridized carbons (Fsp3) is 0.643. The van der Waals surface area contributed by atoms with Gasteiger partial charge in [-0.3, -0.25) is 14.4 Å². The van der Waals surface area contributed by atoms with Crippen molar-refractivity contribution in [1.29, 1.82) is 0 Å². The van der Waals surface area contributed by atoms with Crippen LogP contribution < -0.4 is 0 Å². The number of allylic oxidation sites excluding steroid dienone is 1. The van der Waals surface area contributed by atoms with Crippen molar-refractivity contribution in [2.24, 2.45) is 5.92 Å². The minimum atomic E-state index is -2.20. The van der Waals surface area contributed by atoms with Crippen molar-refractivity contribution in [1.82, 2.24) is 0 Å². The molecule has 106 valence electrons. The van der Waals surface area contributed by atoms with E-state index in [1.54, 1.807) is 6.92 Å². The predicted molar refractivity (Wildman–Crippen MR) is 68.6 cm³/mol. The maximum Gasteiger partial charge on any atom is 0.187 e. The highest BCUT2D eigenvalue weighted by atomic mass is 16.3. The van der Waals surface area contributed by atoms with Crippen LogP contribution in [0.2, 0.25) is 0 Å². The molecule has 1 aliphatic carbocycles. The summed E-state index contributed by atoms with van der Waals surface area (Å²) in [7, 11) is 0. The molecular formula is C14H20O5.